The van der Waals surface area contributed by atoms with Crippen molar-refractivity contribution in [1.29, 1.82) is 0 Å². The number of carbonyl (C=O) groups excluding carboxylic acids is 1. The van der Waals surface area contributed by atoms with E-state index in [2.05, 4.69) is 10.3 Å². The van der Waals surface area contributed by atoms with Crippen molar-refractivity contribution in [3.63, 3.8) is 0 Å². The third kappa shape index (κ3) is 3.91. The van der Waals surface area contributed by atoms with Gasteiger partial charge in [0.2, 0.25) is 0 Å². The van der Waals surface area contributed by atoms with Crippen molar-refractivity contribution < 1.29 is 19.8 Å². The first-order valence-electron chi connectivity index (χ1n) is 6.97. The van der Waals surface area contributed by atoms with E-state index in [-0.39, 0.29) is 24.0 Å². The van der Waals surface area contributed by atoms with Gasteiger partial charge in [-0.05, 0) is 37.3 Å². The Labute approximate surface area is 122 Å². The number of piperidine rings is 1. The Morgan fingerprint density at radius 1 is 1.48 bits per heavy atom. The molecule has 114 valence electrons. The lowest BCUT2D eigenvalue weighted by Gasteiger charge is -2.32. The SMILES string of the molecule is O=C(O)c1ncccc1NC(=O)N1CCCC(CCO)C1. The summed E-state index contributed by atoms with van der Waals surface area (Å²) < 4.78 is 0. The van der Waals surface area contributed by atoms with Crippen molar-refractivity contribution in [2.45, 2.75) is 19.3 Å². The summed E-state index contributed by atoms with van der Waals surface area (Å²) in [5.74, 6) is -0.884. The number of urea groups is 1. The Balaban J connectivity index is 2.03. The number of pyridine rings is 1. The fraction of sp³-hybridized carbons (Fsp3) is 0.500. The fourth-order valence-electron chi connectivity index (χ4n) is 2.54. The van der Waals surface area contributed by atoms with E-state index in [4.69, 9.17) is 10.2 Å². The smallest absolute Gasteiger partial charge is 0.356 e. The van der Waals surface area contributed by atoms with Crippen molar-refractivity contribution in [2.24, 2.45) is 5.92 Å². The molecule has 7 heteroatoms. The van der Waals surface area contributed by atoms with Crippen molar-refractivity contribution in [2.75, 3.05) is 25.0 Å². The Kier molecular flexibility index (Phi) is 5.10. The largest absolute Gasteiger partial charge is 0.476 e. The van der Waals surface area contributed by atoms with Gasteiger partial charge >= 0.3 is 12.0 Å². The first-order chi connectivity index (χ1) is 10.1. The van der Waals surface area contributed by atoms with Gasteiger partial charge in [-0.15, -0.1) is 0 Å². The van der Waals surface area contributed by atoms with Crippen LogP contribution in [0.4, 0.5) is 10.5 Å². The third-order valence-corrected chi connectivity index (χ3v) is 3.60. The second-order valence-corrected chi connectivity index (χ2v) is 5.10. The molecule has 1 aromatic heterocycles. The van der Waals surface area contributed by atoms with Crippen LogP contribution in [0.2, 0.25) is 0 Å². The minimum atomic E-state index is -1.18. The number of amides is 2. The van der Waals surface area contributed by atoms with Gasteiger partial charge in [0.25, 0.3) is 0 Å². The molecule has 1 aromatic rings. The molecule has 1 unspecified atom stereocenters. The van der Waals surface area contributed by atoms with E-state index in [1.165, 1.54) is 12.3 Å². The number of anilines is 1. The quantitative estimate of drug-likeness (QED) is 0.778. The number of likely N-dealkylation sites (tertiary alicyclic amines) is 1. The van der Waals surface area contributed by atoms with Crippen molar-refractivity contribution in [3.8, 4) is 0 Å². The van der Waals surface area contributed by atoms with E-state index in [1.807, 2.05) is 0 Å². The monoisotopic (exact) mass is 293 g/mol. The zero-order valence-electron chi connectivity index (χ0n) is 11.7. The van der Waals surface area contributed by atoms with E-state index in [1.54, 1.807) is 11.0 Å². The zero-order valence-corrected chi connectivity index (χ0v) is 11.7. The minimum Gasteiger partial charge on any atom is -0.476 e. The molecule has 1 fully saturated rings. The van der Waals surface area contributed by atoms with Crippen LogP contribution >= 0.6 is 0 Å². The number of hydrogen-bond acceptors (Lipinski definition) is 4. The van der Waals surface area contributed by atoms with Gasteiger partial charge in [0, 0.05) is 25.9 Å². The normalized spacial score (nSPS) is 18.3. The summed E-state index contributed by atoms with van der Waals surface area (Å²) in [6.45, 7) is 1.33. The van der Waals surface area contributed by atoms with Crippen molar-refractivity contribution in [1.82, 2.24) is 9.88 Å². The van der Waals surface area contributed by atoms with Gasteiger partial charge in [0.1, 0.15) is 0 Å². The predicted octanol–water partition coefficient (Wildman–Crippen LogP) is 1.41. The third-order valence-electron chi connectivity index (χ3n) is 3.60. The summed E-state index contributed by atoms with van der Waals surface area (Å²) in [5, 5.41) is 20.6. The highest BCUT2D eigenvalue weighted by atomic mass is 16.4. The summed E-state index contributed by atoms with van der Waals surface area (Å²) in [7, 11) is 0. The average Bonchev–Trinajstić information content (AvgIpc) is 2.48. The van der Waals surface area contributed by atoms with E-state index in [0.717, 1.165) is 12.8 Å². The van der Waals surface area contributed by atoms with Crippen LogP contribution in [0.3, 0.4) is 0 Å². The molecule has 0 spiro atoms. The lowest BCUT2D eigenvalue weighted by Crippen LogP contribution is -2.42. The van der Waals surface area contributed by atoms with Gasteiger partial charge < -0.3 is 20.4 Å². The van der Waals surface area contributed by atoms with Crippen LogP contribution in [0.1, 0.15) is 29.8 Å². The van der Waals surface area contributed by atoms with Crippen LogP contribution in [0.25, 0.3) is 0 Å². The highest BCUT2D eigenvalue weighted by molar-refractivity contribution is 5.98. The average molecular weight is 293 g/mol. The van der Waals surface area contributed by atoms with E-state index < -0.39 is 5.97 Å². The van der Waals surface area contributed by atoms with Gasteiger partial charge in [-0.2, -0.15) is 0 Å². The number of hydrogen-bond donors (Lipinski definition) is 3. The number of rotatable bonds is 4. The number of aromatic carboxylic acids is 1. The lowest BCUT2D eigenvalue weighted by atomic mass is 9.95. The standard InChI is InChI=1S/C14H19N3O4/c18-8-5-10-3-2-7-17(9-10)14(21)16-11-4-1-6-15-12(11)13(19)20/h1,4,6,10,18H,2-3,5,7-9H2,(H,16,21)(H,19,20). The first kappa shape index (κ1) is 15.2. The molecule has 0 radical (unpaired) electrons. The number of carboxylic acid groups (broad SMARTS) is 1. The Morgan fingerprint density at radius 3 is 3.00 bits per heavy atom. The molecule has 1 saturated heterocycles. The van der Waals surface area contributed by atoms with Gasteiger partial charge in [-0.3, -0.25) is 0 Å². The molecule has 21 heavy (non-hydrogen) atoms. The molecule has 3 N–H and O–H groups in total. The highest BCUT2D eigenvalue weighted by Crippen LogP contribution is 2.20. The topological polar surface area (TPSA) is 103 Å². The van der Waals surface area contributed by atoms with Gasteiger partial charge in [-0.25, -0.2) is 14.6 Å². The molecule has 1 aliphatic heterocycles. The molecule has 0 aromatic carbocycles. The number of aliphatic hydroxyl groups is 1. The molecule has 0 saturated carbocycles. The minimum absolute atomic E-state index is 0.117. The molecule has 2 rings (SSSR count). The van der Waals surface area contributed by atoms with Crippen LogP contribution in [-0.4, -0.2) is 51.8 Å². The highest BCUT2D eigenvalue weighted by Gasteiger charge is 2.24. The van der Waals surface area contributed by atoms with Crippen LogP contribution in [0.15, 0.2) is 18.3 Å². The van der Waals surface area contributed by atoms with Gasteiger partial charge in [-0.1, -0.05) is 0 Å². The van der Waals surface area contributed by atoms with E-state index >= 15 is 0 Å². The second kappa shape index (κ2) is 7.03. The van der Waals surface area contributed by atoms with Gasteiger partial charge in [0.15, 0.2) is 5.69 Å². The maximum absolute atomic E-state index is 12.2. The van der Waals surface area contributed by atoms with Crippen LogP contribution in [0.5, 0.6) is 0 Å². The molecule has 1 aliphatic rings. The molecule has 2 heterocycles. The molecule has 0 aliphatic carbocycles. The number of nitrogens with one attached hydrogen (secondary N) is 1. The van der Waals surface area contributed by atoms with Crippen LogP contribution in [-0.2, 0) is 0 Å². The first-order valence-corrected chi connectivity index (χ1v) is 6.97. The van der Waals surface area contributed by atoms with Gasteiger partial charge in [0.05, 0.1) is 5.69 Å². The molecule has 0 bridgehead atoms. The predicted molar refractivity (Wildman–Crippen MR) is 76.2 cm³/mol. The number of carbonyl (C=O) groups is 2. The van der Waals surface area contributed by atoms with Crippen LogP contribution in [0, 0.1) is 5.92 Å². The summed E-state index contributed by atoms with van der Waals surface area (Å²) >= 11 is 0. The molecular weight excluding hydrogens is 274 g/mol. The van der Waals surface area contributed by atoms with E-state index in [0.29, 0.717) is 25.4 Å². The van der Waals surface area contributed by atoms with Crippen molar-refractivity contribution >= 4 is 17.7 Å². The number of nitrogens with zero attached hydrogens (tertiary/aromatic N) is 2. The van der Waals surface area contributed by atoms with Crippen molar-refractivity contribution in [3.05, 3.63) is 24.0 Å². The van der Waals surface area contributed by atoms with Crippen LogP contribution < -0.4 is 5.32 Å². The molecule has 2 amide bonds. The number of carboxylic acids is 1. The maximum Gasteiger partial charge on any atom is 0.356 e. The lowest BCUT2D eigenvalue weighted by molar-refractivity contribution is 0.0691. The Morgan fingerprint density at radius 2 is 2.29 bits per heavy atom. The molecule has 7 nitrogen and oxygen atoms in total. The maximum atomic E-state index is 12.2. The summed E-state index contributed by atoms with van der Waals surface area (Å²) in [6.07, 6.45) is 3.93. The summed E-state index contributed by atoms with van der Waals surface area (Å²) in [4.78, 5) is 28.7. The van der Waals surface area contributed by atoms with E-state index in [9.17, 15) is 9.59 Å². The molecular formula is C14H19N3O4. The zero-order chi connectivity index (χ0) is 15.2. The number of aromatic nitrogens is 1. The Bertz CT molecular complexity index is 519. The summed E-state index contributed by atoms with van der Waals surface area (Å²) in [5.41, 5.74) is 0.0223. The Hall–Kier alpha value is -2.15. The molecule has 1 atom stereocenters. The summed E-state index contributed by atoms with van der Waals surface area (Å²) in [6, 6.07) is 2.77. The number of aliphatic hydroxyl groups excluding tert-OH is 1. The second-order valence-electron chi connectivity index (χ2n) is 5.10. The fourth-order valence-corrected chi connectivity index (χ4v) is 2.54.